The fraction of sp³-hybridized carbons (Fsp3) is 0.923. The predicted octanol–water partition coefficient (Wildman–Crippen LogP) is 1.14. The highest BCUT2D eigenvalue weighted by molar-refractivity contribution is 5.83. The summed E-state index contributed by atoms with van der Waals surface area (Å²) in [6.07, 6.45) is 3.22. The van der Waals surface area contributed by atoms with Gasteiger partial charge in [0.1, 0.15) is 0 Å². The highest BCUT2D eigenvalue weighted by atomic mass is 16.5. The number of carbonyl (C=O) groups is 1. The molecule has 4 unspecified atom stereocenters. The lowest BCUT2D eigenvalue weighted by molar-refractivity contribution is -0.153. The summed E-state index contributed by atoms with van der Waals surface area (Å²) in [5.41, 5.74) is 5.76. The van der Waals surface area contributed by atoms with Crippen molar-refractivity contribution in [3.8, 4) is 0 Å². The Bertz CT molecular complexity index is 298. The highest BCUT2D eigenvalue weighted by Gasteiger charge is 2.46. The Balaban J connectivity index is 2.09. The molecule has 2 N–H and O–H groups in total. The molecule has 4 heteroatoms. The van der Waals surface area contributed by atoms with Crippen LogP contribution in [-0.2, 0) is 9.53 Å². The summed E-state index contributed by atoms with van der Waals surface area (Å²) in [5.74, 6) is 0.226. The van der Waals surface area contributed by atoms with Gasteiger partial charge in [0.25, 0.3) is 0 Å². The molecule has 1 aliphatic carbocycles. The Morgan fingerprint density at radius 3 is 2.41 bits per heavy atom. The first-order chi connectivity index (χ1) is 7.93. The molecule has 1 saturated carbocycles. The van der Waals surface area contributed by atoms with Crippen molar-refractivity contribution < 1.29 is 9.53 Å². The molecule has 1 saturated heterocycles. The lowest BCUT2D eigenvalue weighted by atomic mass is 9.83. The summed E-state index contributed by atoms with van der Waals surface area (Å²) in [6.45, 7) is 7.47. The highest BCUT2D eigenvalue weighted by Crippen LogP contribution is 2.38. The quantitative estimate of drug-likeness (QED) is 0.748. The van der Waals surface area contributed by atoms with Gasteiger partial charge in [-0.2, -0.15) is 0 Å². The number of amides is 1. The van der Waals surface area contributed by atoms with E-state index in [1.807, 2.05) is 25.7 Å². The Hall–Kier alpha value is -0.610. The number of hydrogen-bond acceptors (Lipinski definition) is 3. The van der Waals surface area contributed by atoms with E-state index in [9.17, 15) is 4.79 Å². The van der Waals surface area contributed by atoms with Crippen LogP contribution in [0.5, 0.6) is 0 Å². The van der Waals surface area contributed by atoms with Crippen LogP contribution in [0.4, 0.5) is 0 Å². The number of carbonyl (C=O) groups excluding carboxylic acids is 1. The zero-order valence-corrected chi connectivity index (χ0v) is 11.1. The Labute approximate surface area is 103 Å². The molecule has 2 fully saturated rings. The average molecular weight is 240 g/mol. The van der Waals surface area contributed by atoms with Gasteiger partial charge in [-0.25, -0.2) is 0 Å². The molecule has 1 heterocycles. The van der Waals surface area contributed by atoms with E-state index in [1.165, 1.54) is 0 Å². The zero-order chi connectivity index (χ0) is 12.6. The molecular formula is C13H24N2O2. The Kier molecular flexibility index (Phi) is 3.46. The molecule has 0 spiro atoms. The number of ether oxygens (including phenoxy) is 1. The van der Waals surface area contributed by atoms with Crippen LogP contribution < -0.4 is 5.73 Å². The van der Waals surface area contributed by atoms with Crippen molar-refractivity contribution >= 4 is 5.91 Å². The van der Waals surface area contributed by atoms with Gasteiger partial charge >= 0.3 is 0 Å². The van der Waals surface area contributed by atoms with Crippen molar-refractivity contribution in [1.82, 2.24) is 4.90 Å². The second kappa shape index (κ2) is 4.58. The molecule has 4 nitrogen and oxygen atoms in total. The lowest BCUT2D eigenvalue weighted by Gasteiger charge is -2.40. The van der Waals surface area contributed by atoms with Crippen LogP contribution in [0, 0.1) is 5.41 Å². The van der Waals surface area contributed by atoms with Gasteiger partial charge in [0.15, 0.2) is 0 Å². The Morgan fingerprint density at radius 2 is 1.94 bits per heavy atom. The number of nitrogens with zero attached hydrogens (tertiary/aromatic N) is 1. The number of morpholine rings is 1. The van der Waals surface area contributed by atoms with Crippen LogP contribution in [0.3, 0.4) is 0 Å². The van der Waals surface area contributed by atoms with Gasteiger partial charge in [0.2, 0.25) is 5.91 Å². The third-order valence-electron chi connectivity index (χ3n) is 4.23. The monoisotopic (exact) mass is 240 g/mol. The van der Waals surface area contributed by atoms with Gasteiger partial charge in [0.05, 0.1) is 17.6 Å². The summed E-state index contributed by atoms with van der Waals surface area (Å²) in [6, 6.07) is 0.0171. The van der Waals surface area contributed by atoms with Crippen molar-refractivity contribution in [1.29, 1.82) is 0 Å². The van der Waals surface area contributed by atoms with Gasteiger partial charge in [-0.15, -0.1) is 0 Å². The summed E-state index contributed by atoms with van der Waals surface area (Å²) >= 11 is 0. The van der Waals surface area contributed by atoms with E-state index in [-0.39, 0.29) is 29.6 Å². The van der Waals surface area contributed by atoms with E-state index in [0.29, 0.717) is 13.1 Å². The van der Waals surface area contributed by atoms with Crippen molar-refractivity contribution in [2.24, 2.45) is 11.1 Å². The topological polar surface area (TPSA) is 55.6 Å². The fourth-order valence-corrected chi connectivity index (χ4v) is 3.16. The van der Waals surface area contributed by atoms with E-state index in [1.54, 1.807) is 0 Å². The second-order valence-corrected chi connectivity index (χ2v) is 5.88. The summed E-state index contributed by atoms with van der Waals surface area (Å²) < 4.78 is 5.66. The normalized spacial score (nSPS) is 42.8. The summed E-state index contributed by atoms with van der Waals surface area (Å²) in [5, 5.41) is 0. The summed E-state index contributed by atoms with van der Waals surface area (Å²) in [4.78, 5) is 14.6. The minimum absolute atomic E-state index is 0.0171. The largest absolute Gasteiger partial charge is 0.372 e. The van der Waals surface area contributed by atoms with E-state index in [2.05, 4.69) is 0 Å². The van der Waals surface area contributed by atoms with E-state index >= 15 is 0 Å². The van der Waals surface area contributed by atoms with Crippen LogP contribution in [0.1, 0.15) is 40.0 Å². The fourth-order valence-electron chi connectivity index (χ4n) is 3.16. The van der Waals surface area contributed by atoms with Gasteiger partial charge in [0, 0.05) is 19.1 Å². The summed E-state index contributed by atoms with van der Waals surface area (Å²) in [7, 11) is 0. The third kappa shape index (κ3) is 2.33. The van der Waals surface area contributed by atoms with Crippen LogP contribution in [0.25, 0.3) is 0 Å². The van der Waals surface area contributed by atoms with E-state index < -0.39 is 0 Å². The number of hydrogen-bond donors (Lipinski definition) is 1. The van der Waals surface area contributed by atoms with Crippen molar-refractivity contribution in [3.63, 3.8) is 0 Å². The van der Waals surface area contributed by atoms with Crippen LogP contribution in [-0.4, -0.2) is 42.1 Å². The molecule has 0 radical (unpaired) electrons. The van der Waals surface area contributed by atoms with E-state index in [0.717, 1.165) is 19.3 Å². The zero-order valence-electron chi connectivity index (χ0n) is 11.1. The SMILES string of the molecule is CC1CN(C(=O)C2(C)CCCC2N)CC(C)O1. The van der Waals surface area contributed by atoms with Gasteiger partial charge < -0.3 is 15.4 Å². The molecule has 2 aliphatic rings. The van der Waals surface area contributed by atoms with Crippen molar-refractivity contribution in [3.05, 3.63) is 0 Å². The molecular weight excluding hydrogens is 216 g/mol. The molecule has 98 valence electrons. The first-order valence-corrected chi connectivity index (χ1v) is 6.64. The predicted molar refractivity (Wildman–Crippen MR) is 66.5 cm³/mol. The third-order valence-corrected chi connectivity index (χ3v) is 4.23. The lowest BCUT2D eigenvalue weighted by Crippen LogP contribution is -2.55. The molecule has 2 rings (SSSR count). The van der Waals surface area contributed by atoms with Crippen molar-refractivity contribution in [2.75, 3.05) is 13.1 Å². The maximum absolute atomic E-state index is 12.6. The van der Waals surface area contributed by atoms with Gasteiger partial charge in [-0.1, -0.05) is 6.42 Å². The smallest absolute Gasteiger partial charge is 0.230 e. The van der Waals surface area contributed by atoms with Crippen LogP contribution in [0.15, 0.2) is 0 Å². The first kappa shape index (κ1) is 12.8. The molecule has 0 aromatic heterocycles. The molecule has 0 aromatic rings. The molecule has 1 amide bonds. The minimum atomic E-state index is -0.350. The molecule has 0 aromatic carbocycles. The number of rotatable bonds is 1. The minimum Gasteiger partial charge on any atom is -0.372 e. The molecule has 1 aliphatic heterocycles. The molecule has 17 heavy (non-hydrogen) atoms. The van der Waals surface area contributed by atoms with Crippen molar-refractivity contribution in [2.45, 2.75) is 58.3 Å². The maximum atomic E-state index is 12.6. The standard InChI is InChI=1S/C13H24N2O2/c1-9-7-15(8-10(2)17-9)12(16)13(3)6-4-5-11(13)14/h9-11H,4-8,14H2,1-3H3. The Morgan fingerprint density at radius 1 is 1.35 bits per heavy atom. The van der Waals surface area contributed by atoms with Gasteiger partial charge in [-0.05, 0) is 33.6 Å². The molecule has 0 bridgehead atoms. The molecule has 4 atom stereocenters. The first-order valence-electron chi connectivity index (χ1n) is 6.64. The van der Waals surface area contributed by atoms with Gasteiger partial charge in [-0.3, -0.25) is 4.79 Å². The number of nitrogens with two attached hydrogens (primary N) is 1. The average Bonchev–Trinajstić information content (AvgIpc) is 2.58. The van der Waals surface area contributed by atoms with E-state index in [4.69, 9.17) is 10.5 Å². The second-order valence-electron chi connectivity index (χ2n) is 5.88. The van der Waals surface area contributed by atoms with Crippen LogP contribution in [0.2, 0.25) is 0 Å². The maximum Gasteiger partial charge on any atom is 0.230 e. The van der Waals surface area contributed by atoms with Crippen LogP contribution >= 0.6 is 0 Å².